The zero-order chi connectivity index (χ0) is 14.0. The second-order valence-electron chi connectivity index (χ2n) is 4.00. The Balaban J connectivity index is 2.29. The van der Waals surface area contributed by atoms with Gasteiger partial charge in [-0.1, -0.05) is 0 Å². The molecule has 100 valence electrons. The van der Waals surface area contributed by atoms with Crippen molar-refractivity contribution in [3.05, 3.63) is 35.5 Å². The Labute approximate surface area is 107 Å². The number of halogens is 1. The number of hydrogen-bond donors (Lipinski definition) is 2. The summed E-state index contributed by atoms with van der Waals surface area (Å²) in [7, 11) is 0. The van der Waals surface area contributed by atoms with Crippen molar-refractivity contribution in [1.29, 1.82) is 0 Å². The van der Waals surface area contributed by atoms with E-state index in [1.54, 1.807) is 6.92 Å². The Hall–Kier alpha value is -2.44. The Morgan fingerprint density at radius 1 is 1.53 bits per heavy atom. The first kappa shape index (κ1) is 13.0. The summed E-state index contributed by atoms with van der Waals surface area (Å²) in [5, 5.41) is 11.0. The summed E-state index contributed by atoms with van der Waals surface area (Å²) in [5.74, 6) is -1.99. The second-order valence-corrected chi connectivity index (χ2v) is 4.00. The first-order valence-corrected chi connectivity index (χ1v) is 5.64. The third-order valence-electron chi connectivity index (χ3n) is 2.62. The summed E-state index contributed by atoms with van der Waals surface area (Å²) in [6, 6.07) is 2.73. The van der Waals surface area contributed by atoms with Crippen molar-refractivity contribution < 1.29 is 19.1 Å². The lowest BCUT2D eigenvalue weighted by atomic mass is 10.3. The number of carboxylic acids is 1. The standard InChI is InChI=1S/C12H12FN3O3/c1-7-10(12(19)14-5-4-9(17)18)16-6-2-3-8(13)11(16)15-7/h2-3,6H,4-5H2,1H3,(H,14,19)(H,17,18). The van der Waals surface area contributed by atoms with Crippen molar-refractivity contribution in [2.75, 3.05) is 6.54 Å². The number of carbonyl (C=O) groups is 2. The molecule has 7 heteroatoms. The molecule has 0 aliphatic carbocycles. The number of fused-ring (bicyclic) bond motifs is 1. The third kappa shape index (κ3) is 2.54. The van der Waals surface area contributed by atoms with E-state index in [0.717, 1.165) is 0 Å². The second kappa shape index (κ2) is 5.05. The number of imidazole rings is 1. The number of nitrogens with zero attached hydrogens (tertiary/aromatic N) is 2. The summed E-state index contributed by atoms with van der Waals surface area (Å²) in [6.45, 7) is 1.61. The fourth-order valence-electron chi connectivity index (χ4n) is 1.79. The van der Waals surface area contributed by atoms with Crippen LogP contribution < -0.4 is 5.32 Å². The number of aryl methyl sites for hydroxylation is 1. The van der Waals surface area contributed by atoms with Gasteiger partial charge in [0.15, 0.2) is 11.5 Å². The minimum Gasteiger partial charge on any atom is -0.481 e. The average molecular weight is 265 g/mol. The number of aromatic nitrogens is 2. The molecule has 0 saturated heterocycles. The zero-order valence-electron chi connectivity index (χ0n) is 10.2. The molecule has 0 saturated carbocycles. The summed E-state index contributed by atoms with van der Waals surface area (Å²) in [6.07, 6.45) is 1.36. The maximum atomic E-state index is 13.5. The van der Waals surface area contributed by atoms with Crippen LogP contribution in [0.1, 0.15) is 22.6 Å². The number of rotatable bonds is 4. The van der Waals surface area contributed by atoms with Gasteiger partial charge >= 0.3 is 5.97 Å². The highest BCUT2D eigenvalue weighted by molar-refractivity contribution is 5.94. The normalized spacial score (nSPS) is 10.6. The van der Waals surface area contributed by atoms with E-state index in [4.69, 9.17) is 5.11 Å². The molecular formula is C12H12FN3O3. The van der Waals surface area contributed by atoms with E-state index < -0.39 is 17.7 Å². The fraction of sp³-hybridized carbons (Fsp3) is 0.250. The molecule has 0 atom stereocenters. The van der Waals surface area contributed by atoms with Crippen LogP contribution in [0.5, 0.6) is 0 Å². The van der Waals surface area contributed by atoms with Crippen LogP contribution in [0.2, 0.25) is 0 Å². The number of pyridine rings is 1. The first-order chi connectivity index (χ1) is 9.00. The molecule has 0 aromatic carbocycles. The van der Waals surface area contributed by atoms with Crippen LogP contribution in [-0.2, 0) is 4.79 Å². The van der Waals surface area contributed by atoms with Crippen molar-refractivity contribution >= 4 is 17.5 Å². The summed E-state index contributed by atoms with van der Waals surface area (Å²) >= 11 is 0. The van der Waals surface area contributed by atoms with Gasteiger partial charge in [0.2, 0.25) is 0 Å². The van der Waals surface area contributed by atoms with Gasteiger partial charge in [0, 0.05) is 12.7 Å². The topological polar surface area (TPSA) is 83.7 Å². The van der Waals surface area contributed by atoms with E-state index in [0.29, 0.717) is 5.69 Å². The van der Waals surface area contributed by atoms with E-state index in [1.165, 1.54) is 22.7 Å². The van der Waals surface area contributed by atoms with E-state index >= 15 is 0 Å². The van der Waals surface area contributed by atoms with Gasteiger partial charge < -0.3 is 10.4 Å². The predicted molar refractivity (Wildman–Crippen MR) is 64.5 cm³/mol. The molecule has 2 aromatic heterocycles. The van der Waals surface area contributed by atoms with Crippen LogP contribution in [0.15, 0.2) is 18.3 Å². The minimum atomic E-state index is -0.999. The van der Waals surface area contributed by atoms with Crippen LogP contribution in [0.4, 0.5) is 4.39 Å². The van der Waals surface area contributed by atoms with Crippen molar-refractivity contribution in [3.8, 4) is 0 Å². The molecular weight excluding hydrogens is 253 g/mol. The minimum absolute atomic E-state index is 0.0101. The maximum absolute atomic E-state index is 13.5. The van der Waals surface area contributed by atoms with Gasteiger partial charge in [-0.2, -0.15) is 0 Å². The molecule has 2 heterocycles. The lowest BCUT2D eigenvalue weighted by molar-refractivity contribution is -0.136. The number of carbonyl (C=O) groups excluding carboxylic acids is 1. The van der Waals surface area contributed by atoms with E-state index in [1.807, 2.05) is 0 Å². The summed E-state index contributed by atoms with van der Waals surface area (Å²) in [5.41, 5.74) is 0.668. The highest BCUT2D eigenvalue weighted by atomic mass is 19.1. The lowest BCUT2D eigenvalue weighted by Gasteiger charge is -2.04. The van der Waals surface area contributed by atoms with Crippen molar-refractivity contribution in [1.82, 2.24) is 14.7 Å². The summed E-state index contributed by atoms with van der Waals surface area (Å²) in [4.78, 5) is 26.3. The van der Waals surface area contributed by atoms with Gasteiger partial charge in [-0.3, -0.25) is 14.0 Å². The number of nitrogens with one attached hydrogen (secondary N) is 1. The molecule has 2 rings (SSSR count). The molecule has 0 aliphatic rings. The Kier molecular flexibility index (Phi) is 3.46. The molecule has 0 fully saturated rings. The molecule has 19 heavy (non-hydrogen) atoms. The highest BCUT2D eigenvalue weighted by Crippen LogP contribution is 2.14. The van der Waals surface area contributed by atoms with Crippen molar-refractivity contribution in [3.63, 3.8) is 0 Å². The van der Waals surface area contributed by atoms with Crippen molar-refractivity contribution in [2.45, 2.75) is 13.3 Å². The van der Waals surface area contributed by atoms with E-state index in [2.05, 4.69) is 10.3 Å². The molecule has 6 nitrogen and oxygen atoms in total. The Bertz CT molecular complexity index is 651. The van der Waals surface area contributed by atoms with Gasteiger partial charge in [-0.25, -0.2) is 9.37 Å². The quantitative estimate of drug-likeness (QED) is 0.863. The number of aliphatic carboxylic acids is 1. The van der Waals surface area contributed by atoms with E-state index in [-0.39, 0.29) is 24.3 Å². The van der Waals surface area contributed by atoms with Crippen LogP contribution >= 0.6 is 0 Å². The maximum Gasteiger partial charge on any atom is 0.305 e. The third-order valence-corrected chi connectivity index (χ3v) is 2.62. The molecule has 0 radical (unpaired) electrons. The number of carboxylic acid groups (broad SMARTS) is 1. The molecule has 1 amide bonds. The van der Waals surface area contributed by atoms with Gasteiger partial charge in [-0.15, -0.1) is 0 Å². The van der Waals surface area contributed by atoms with Gasteiger partial charge in [0.1, 0.15) is 5.69 Å². The summed E-state index contributed by atoms with van der Waals surface area (Å²) < 4.78 is 14.9. The largest absolute Gasteiger partial charge is 0.481 e. The smallest absolute Gasteiger partial charge is 0.305 e. The monoisotopic (exact) mass is 265 g/mol. The molecule has 2 N–H and O–H groups in total. The zero-order valence-corrected chi connectivity index (χ0v) is 10.2. The van der Waals surface area contributed by atoms with Crippen molar-refractivity contribution in [2.24, 2.45) is 0 Å². The number of hydrogen-bond acceptors (Lipinski definition) is 3. The van der Waals surface area contributed by atoms with Crippen LogP contribution in [0.25, 0.3) is 5.65 Å². The molecule has 0 aliphatic heterocycles. The molecule has 0 unspecified atom stereocenters. The molecule has 2 aromatic rings. The fourth-order valence-corrected chi connectivity index (χ4v) is 1.79. The van der Waals surface area contributed by atoms with Gasteiger partial charge in [0.05, 0.1) is 12.1 Å². The van der Waals surface area contributed by atoms with E-state index in [9.17, 15) is 14.0 Å². The average Bonchev–Trinajstić information content (AvgIpc) is 2.66. The van der Waals surface area contributed by atoms with Crippen LogP contribution in [0, 0.1) is 12.7 Å². The van der Waals surface area contributed by atoms with Gasteiger partial charge in [-0.05, 0) is 19.1 Å². The Morgan fingerprint density at radius 3 is 2.95 bits per heavy atom. The predicted octanol–water partition coefficient (Wildman–Crippen LogP) is 0.986. The Morgan fingerprint density at radius 2 is 2.26 bits per heavy atom. The van der Waals surface area contributed by atoms with Crippen LogP contribution in [0.3, 0.4) is 0 Å². The lowest BCUT2D eigenvalue weighted by Crippen LogP contribution is -2.27. The highest BCUT2D eigenvalue weighted by Gasteiger charge is 2.18. The SMILES string of the molecule is Cc1nc2c(F)cccn2c1C(=O)NCCC(=O)O. The van der Waals surface area contributed by atoms with Gasteiger partial charge in [0.25, 0.3) is 5.91 Å². The molecule has 0 bridgehead atoms. The number of amides is 1. The molecule has 0 spiro atoms. The first-order valence-electron chi connectivity index (χ1n) is 5.64. The van der Waals surface area contributed by atoms with Crippen LogP contribution in [-0.4, -0.2) is 32.9 Å².